The molecule has 1 saturated heterocycles. The fourth-order valence-electron chi connectivity index (χ4n) is 5.56. The molecule has 5 aromatic rings. The van der Waals surface area contributed by atoms with Crippen molar-refractivity contribution in [2.75, 3.05) is 44.7 Å². The predicted molar refractivity (Wildman–Crippen MR) is 153 cm³/mol. The maximum Gasteiger partial charge on any atom is 0.266 e. The monoisotopic (exact) mass is 510 g/mol. The first kappa shape index (κ1) is 24.4. The topological polar surface area (TPSA) is 66.6 Å². The minimum Gasteiger partial charge on any atom is -0.497 e. The highest BCUT2D eigenvalue weighted by Gasteiger charge is 2.17. The summed E-state index contributed by atoms with van der Waals surface area (Å²) in [6.45, 7) is 7.17. The number of unbranched alkanes of at least 4 members (excludes halogenated alkanes) is 1. The number of nitrogens with one attached hydrogen (secondary N) is 1. The molecule has 0 spiro atoms. The van der Waals surface area contributed by atoms with Crippen molar-refractivity contribution in [3.05, 3.63) is 88.7 Å². The van der Waals surface area contributed by atoms with Gasteiger partial charge in [-0.1, -0.05) is 0 Å². The molecule has 7 nitrogen and oxygen atoms in total. The van der Waals surface area contributed by atoms with Gasteiger partial charge in [0, 0.05) is 60.9 Å². The van der Waals surface area contributed by atoms with E-state index in [1.54, 1.807) is 17.9 Å². The maximum atomic E-state index is 12.9. The van der Waals surface area contributed by atoms with Crippen LogP contribution in [0.2, 0.25) is 0 Å². The van der Waals surface area contributed by atoms with Crippen LogP contribution in [0.15, 0.2) is 76.2 Å². The van der Waals surface area contributed by atoms with Crippen LogP contribution in [-0.2, 0) is 6.42 Å². The second-order valence-corrected chi connectivity index (χ2v) is 10.2. The third-order valence-electron chi connectivity index (χ3n) is 7.72. The molecule has 38 heavy (non-hydrogen) atoms. The maximum absolute atomic E-state index is 12.9. The zero-order chi connectivity index (χ0) is 26.1. The number of aryl methyl sites for hydroxylation is 2. The lowest BCUT2D eigenvalue weighted by atomic mass is 10.1. The van der Waals surface area contributed by atoms with E-state index in [-0.39, 0.29) is 5.56 Å². The third kappa shape index (κ3) is 4.82. The Morgan fingerprint density at radius 2 is 1.71 bits per heavy atom. The Bertz CT molecular complexity index is 1600. The van der Waals surface area contributed by atoms with Crippen molar-refractivity contribution in [1.82, 2.24) is 14.5 Å². The van der Waals surface area contributed by atoms with Crippen LogP contribution < -0.4 is 15.2 Å². The van der Waals surface area contributed by atoms with Crippen molar-refractivity contribution in [3.8, 4) is 11.4 Å². The average Bonchev–Trinajstić information content (AvgIpc) is 3.54. The predicted octanol–water partition coefficient (Wildman–Crippen LogP) is 5.53. The Labute approximate surface area is 222 Å². The van der Waals surface area contributed by atoms with Crippen molar-refractivity contribution >= 4 is 27.6 Å². The van der Waals surface area contributed by atoms with Crippen LogP contribution in [0.3, 0.4) is 0 Å². The number of methoxy groups -OCH3 is 1. The second kappa shape index (κ2) is 10.4. The van der Waals surface area contributed by atoms with E-state index in [4.69, 9.17) is 9.15 Å². The molecule has 0 bridgehead atoms. The first-order valence-electron chi connectivity index (χ1n) is 13.4. The zero-order valence-electron chi connectivity index (χ0n) is 22.1. The van der Waals surface area contributed by atoms with E-state index < -0.39 is 0 Å². The summed E-state index contributed by atoms with van der Waals surface area (Å²) in [5, 5.41) is 1.89. The Hall–Kier alpha value is -3.97. The lowest BCUT2D eigenvalue weighted by Gasteiger charge is -2.36. The van der Waals surface area contributed by atoms with Crippen LogP contribution in [0.5, 0.6) is 5.75 Å². The highest BCUT2D eigenvalue weighted by molar-refractivity contribution is 5.84. The van der Waals surface area contributed by atoms with Crippen LogP contribution >= 0.6 is 0 Å². The number of pyridine rings is 1. The van der Waals surface area contributed by atoms with Crippen molar-refractivity contribution < 1.29 is 9.15 Å². The smallest absolute Gasteiger partial charge is 0.266 e. The molecule has 0 aliphatic carbocycles. The summed E-state index contributed by atoms with van der Waals surface area (Å²) in [6.07, 6.45) is 7.38. The number of ether oxygens (including phenoxy) is 1. The first-order valence-corrected chi connectivity index (χ1v) is 13.4. The van der Waals surface area contributed by atoms with Gasteiger partial charge in [-0.05, 0) is 92.9 Å². The van der Waals surface area contributed by atoms with Gasteiger partial charge in [0.1, 0.15) is 17.1 Å². The van der Waals surface area contributed by atoms with Gasteiger partial charge in [-0.2, -0.15) is 0 Å². The van der Waals surface area contributed by atoms with Crippen molar-refractivity contribution in [1.29, 1.82) is 0 Å². The summed E-state index contributed by atoms with van der Waals surface area (Å²) in [7, 11) is 1.72. The van der Waals surface area contributed by atoms with E-state index >= 15 is 0 Å². The van der Waals surface area contributed by atoms with E-state index in [1.807, 2.05) is 37.3 Å². The minimum atomic E-state index is -0.0508. The van der Waals surface area contributed by atoms with Crippen molar-refractivity contribution in [2.45, 2.75) is 26.2 Å². The number of anilines is 1. The van der Waals surface area contributed by atoms with Gasteiger partial charge in [-0.3, -0.25) is 14.3 Å². The van der Waals surface area contributed by atoms with Crippen LogP contribution in [0.1, 0.15) is 24.2 Å². The molecule has 2 aromatic carbocycles. The van der Waals surface area contributed by atoms with Crippen LogP contribution in [0.4, 0.5) is 5.69 Å². The summed E-state index contributed by atoms with van der Waals surface area (Å²) in [4.78, 5) is 21.3. The van der Waals surface area contributed by atoms with Crippen LogP contribution in [0.25, 0.3) is 27.6 Å². The number of piperazine rings is 1. The number of hydrogen-bond acceptors (Lipinski definition) is 5. The van der Waals surface area contributed by atoms with Gasteiger partial charge < -0.3 is 19.0 Å². The van der Waals surface area contributed by atoms with Crippen molar-refractivity contribution in [2.24, 2.45) is 0 Å². The van der Waals surface area contributed by atoms with Gasteiger partial charge in [0.25, 0.3) is 5.56 Å². The fourth-order valence-corrected chi connectivity index (χ4v) is 5.56. The van der Waals surface area contributed by atoms with E-state index in [0.29, 0.717) is 11.0 Å². The van der Waals surface area contributed by atoms with Crippen molar-refractivity contribution in [3.63, 3.8) is 0 Å². The Kier molecular flexibility index (Phi) is 6.68. The molecule has 1 N–H and O–H groups in total. The molecular formula is C31H34N4O3. The molecule has 1 fully saturated rings. The number of benzene rings is 2. The van der Waals surface area contributed by atoms with E-state index in [0.717, 1.165) is 56.3 Å². The van der Waals surface area contributed by atoms with Gasteiger partial charge in [0.2, 0.25) is 0 Å². The largest absolute Gasteiger partial charge is 0.497 e. The quantitative estimate of drug-likeness (QED) is 0.278. The Morgan fingerprint density at radius 1 is 0.921 bits per heavy atom. The van der Waals surface area contributed by atoms with Gasteiger partial charge in [0.15, 0.2) is 0 Å². The molecular weight excluding hydrogens is 476 g/mol. The first-order chi connectivity index (χ1) is 18.6. The standard InChI is InChI=1S/C31H34N4O3/c1-22-19-28-30(38-22)12-14-35(31(28)36)25-8-6-24(7-9-25)34-17-15-33(16-18-34)13-4-3-5-23-21-32-29-11-10-26(37-2)20-27(23)29/h6-12,14,19-21,32H,3-5,13,15-18H2,1-2H3. The number of fused-ring (bicyclic) bond motifs is 2. The summed E-state index contributed by atoms with van der Waals surface area (Å²) in [5.41, 5.74) is 5.20. The van der Waals surface area contributed by atoms with Gasteiger partial charge in [0.05, 0.1) is 12.5 Å². The van der Waals surface area contributed by atoms with Gasteiger partial charge >= 0.3 is 0 Å². The number of hydrogen-bond donors (Lipinski definition) is 1. The normalized spacial score (nSPS) is 14.5. The lowest BCUT2D eigenvalue weighted by molar-refractivity contribution is 0.253. The lowest BCUT2D eigenvalue weighted by Crippen LogP contribution is -2.46. The average molecular weight is 511 g/mol. The highest BCUT2D eigenvalue weighted by atomic mass is 16.5. The molecule has 0 saturated carbocycles. The third-order valence-corrected chi connectivity index (χ3v) is 7.72. The molecule has 4 heterocycles. The summed E-state index contributed by atoms with van der Waals surface area (Å²) < 4.78 is 12.7. The van der Waals surface area contributed by atoms with Gasteiger partial charge in [-0.25, -0.2) is 0 Å². The molecule has 1 aliphatic rings. The molecule has 0 amide bonds. The molecule has 7 heteroatoms. The zero-order valence-corrected chi connectivity index (χ0v) is 22.1. The number of H-pyrrole nitrogens is 1. The highest BCUT2D eigenvalue weighted by Crippen LogP contribution is 2.25. The number of nitrogens with zero attached hydrogens (tertiary/aromatic N) is 3. The number of rotatable bonds is 8. The molecule has 0 atom stereocenters. The van der Waals surface area contributed by atoms with Gasteiger partial charge in [-0.15, -0.1) is 0 Å². The van der Waals surface area contributed by atoms with E-state index in [9.17, 15) is 4.79 Å². The van der Waals surface area contributed by atoms with E-state index in [2.05, 4.69) is 45.2 Å². The summed E-state index contributed by atoms with van der Waals surface area (Å²) in [5.74, 6) is 1.66. The fraction of sp³-hybridized carbons (Fsp3) is 0.323. The molecule has 1 aliphatic heterocycles. The molecule has 196 valence electrons. The van der Waals surface area contributed by atoms with E-state index in [1.165, 1.54) is 35.0 Å². The second-order valence-electron chi connectivity index (χ2n) is 10.2. The minimum absolute atomic E-state index is 0.0508. The number of aromatic nitrogens is 2. The molecule has 0 radical (unpaired) electrons. The SMILES string of the molecule is COc1ccc2[nH]cc(CCCCN3CCN(c4ccc(-n5ccc6oc(C)cc6c5=O)cc4)CC3)c2c1. The summed E-state index contributed by atoms with van der Waals surface area (Å²) >= 11 is 0. The Balaban J connectivity index is 1.000. The number of aromatic amines is 1. The number of furan rings is 1. The summed E-state index contributed by atoms with van der Waals surface area (Å²) in [6, 6.07) is 18.2. The Morgan fingerprint density at radius 3 is 2.50 bits per heavy atom. The molecule has 3 aromatic heterocycles. The molecule has 0 unspecified atom stereocenters. The van der Waals surface area contributed by atoms with Crippen LogP contribution in [0, 0.1) is 6.92 Å². The van der Waals surface area contributed by atoms with Crippen LogP contribution in [-0.4, -0.2) is 54.3 Å². The molecule has 6 rings (SSSR count).